The number of ether oxygens (including phenoxy) is 3. The lowest BCUT2D eigenvalue weighted by molar-refractivity contribution is -0.153. The van der Waals surface area contributed by atoms with Gasteiger partial charge in [0.15, 0.2) is 0 Å². The largest absolute Gasteiger partial charge is 0.497 e. The van der Waals surface area contributed by atoms with E-state index in [-0.39, 0.29) is 11.9 Å². The fourth-order valence-corrected chi connectivity index (χ4v) is 2.92. The second-order valence-electron chi connectivity index (χ2n) is 6.43. The van der Waals surface area contributed by atoms with E-state index in [4.69, 9.17) is 14.2 Å². The van der Waals surface area contributed by atoms with E-state index < -0.39 is 12.2 Å². The second-order valence-corrected chi connectivity index (χ2v) is 6.43. The van der Waals surface area contributed by atoms with Crippen LogP contribution < -0.4 is 4.74 Å². The molecule has 0 unspecified atom stereocenters. The molecule has 0 aromatic heterocycles. The van der Waals surface area contributed by atoms with E-state index in [1.807, 2.05) is 31.2 Å². The summed E-state index contributed by atoms with van der Waals surface area (Å²) in [6, 6.07) is 7.79. The van der Waals surface area contributed by atoms with Gasteiger partial charge >= 0.3 is 5.97 Å². The summed E-state index contributed by atoms with van der Waals surface area (Å²) in [7, 11) is 1.64. The van der Waals surface area contributed by atoms with Gasteiger partial charge in [0.05, 0.1) is 13.7 Å². The number of cyclic esters (lactones) is 1. The summed E-state index contributed by atoms with van der Waals surface area (Å²) in [4.78, 5) is 11.3. The van der Waals surface area contributed by atoms with Crippen molar-refractivity contribution in [3.63, 3.8) is 0 Å². The summed E-state index contributed by atoms with van der Waals surface area (Å²) in [5.41, 5.74) is 1.10. The lowest BCUT2D eigenvalue weighted by Gasteiger charge is -2.30. The Balaban J connectivity index is 1.73. The highest BCUT2D eigenvalue weighted by Crippen LogP contribution is 2.24. The van der Waals surface area contributed by atoms with Crippen molar-refractivity contribution >= 4 is 5.97 Å². The zero-order valence-corrected chi connectivity index (χ0v) is 14.5. The number of rotatable bonds is 8. The number of carbonyl (C=O) groups excluding carboxylic acids is 1. The smallest absolute Gasteiger partial charge is 0.330 e. The molecule has 0 saturated carbocycles. The number of esters is 1. The molecule has 5 heteroatoms. The summed E-state index contributed by atoms with van der Waals surface area (Å²) in [6.45, 7) is 5.24. The van der Waals surface area contributed by atoms with Gasteiger partial charge in [-0.05, 0) is 42.0 Å². The summed E-state index contributed by atoms with van der Waals surface area (Å²) >= 11 is 0. The van der Waals surface area contributed by atoms with E-state index in [9.17, 15) is 9.90 Å². The zero-order valence-electron chi connectivity index (χ0n) is 14.5. The third kappa shape index (κ3) is 5.35. The number of aliphatic hydroxyl groups is 1. The minimum absolute atomic E-state index is 0.0634. The van der Waals surface area contributed by atoms with Crippen LogP contribution in [0.4, 0.5) is 0 Å². The van der Waals surface area contributed by atoms with E-state index in [0.29, 0.717) is 19.1 Å². The van der Waals surface area contributed by atoms with E-state index in [1.165, 1.54) is 12.2 Å². The normalized spacial score (nSPS) is 22.8. The Bertz CT molecular complexity index is 551. The lowest BCUT2D eigenvalue weighted by atomic mass is 9.89. The first kappa shape index (κ1) is 18.5. The van der Waals surface area contributed by atoms with Gasteiger partial charge in [0, 0.05) is 12.7 Å². The highest BCUT2D eigenvalue weighted by Gasteiger charge is 2.30. The number of hydrogen-bond acceptors (Lipinski definition) is 5. The van der Waals surface area contributed by atoms with Gasteiger partial charge < -0.3 is 19.3 Å². The van der Waals surface area contributed by atoms with Crippen molar-refractivity contribution in [3.05, 3.63) is 42.0 Å². The first-order valence-electron chi connectivity index (χ1n) is 8.27. The van der Waals surface area contributed by atoms with Crippen LogP contribution in [0.2, 0.25) is 0 Å². The molecule has 1 aromatic rings. The van der Waals surface area contributed by atoms with Crippen molar-refractivity contribution in [3.8, 4) is 5.75 Å². The topological polar surface area (TPSA) is 65.0 Å². The molecule has 0 fully saturated rings. The Morgan fingerprint density at radius 1 is 1.25 bits per heavy atom. The molecule has 0 amide bonds. The van der Waals surface area contributed by atoms with E-state index in [1.54, 1.807) is 7.11 Å². The zero-order chi connectivity index (χ0) is 17.5. The molecule has 1 heterocycles. The standard InChI is InChI=1S/C19H26O5/c1-13(10-14(2)19-17(20)8-9-18(21)24-19)11-23-12-15-4-6-16(22-3)7-5-15/h4-9,13-14,17,19-20H,10-12H2,1-3H3/t13-,14+,17-,19-/m1/s1. The fourth-order valence-electron chi connectivity index (χ4n) is 2.92. The van der Waals surface area contributed by atoms with E-state index in [2.05, 4.69) is 6.92 Å². The number of carbonyl (C=O) groups is 1. The van der Waals surface area contributed by atoms with Crippen molar-refractivity contribution in [1.29, 1.82) is 0 Å². The monoisotopic (exact) mass is 334 g/mol. The molecule has 1 N–H and O–H groups in total. The second kappa shape index (κ2) is 8.85. The predicted molar refractivity (Wildman–Crippen MR) is 90.6 cm³/mol. The van der Waals surface area contributed by atoms with Gasteiger partial charge in [-0.1, -0.05) is 26.0 Å². The molecular weight excluding hydrogens is 308 g/mol. The van der Waals surface area contributed by atoms with Crippen molar-refractivity contribution in [2.24, 2.45) is 11.8 Å². The molecule has 4 atom stereocenters. The maximum atomic E-state index is 11.3. The Morgan fingerprint density at radius 2 is 1.96 bits per heavy atom. The van der Waals surface area contributed by atoms with Crippen LogP contribution in [0, 0.1) is 11.8 Å². The average molecular weight is 334 g/mol. The number of benzene rings is 1. The Hall–Kier alpha value is -1.85. The van der Waals surface area contributed by atoms with Crippen LogP contribution in [-0.4, -0.2) is 37.0 Å². The van der Waals surface area contributed by atoms with Gasteiger partial charge in [-0.25, -0.2) is 4.79 Å². The van der Waals surface area contributed by atoms with Crippen LogP contribution >= 0.6 is 0 Å². The summed E-state index contributed by atoms with van der Waals surface area (Å²) < 4.78 is 16.1. The molecule has 2 rings (SSSR count). The fraction of sp³-hybridized carbons (Fsp3) is 0.526. The van der Waals surface area contributed by atoms with Gasteiger partial charge in [0.1, 0.15) is 18.0 Å². The van der Waals surface area contributed by atoms with Crippen LogP contribution in [0.1, 0.15) is 25.8 Å². The highest BCUT2D eigenvalue weighted by atomic mass is 16.6. The maximum absolute atomic E-state index is 11.3. The molecule has 0 spiro atoms. The van der Waals surface area contributed by atoms with Crippen LogP contribution in [0.3, 0.4) is 0 Å². The minimum Gasteiger partial charge on any atom is -0.497 e. The number of methoxy groups -OCH3 is 1. The van der Waals surface area contributed by atoms with Gasteiger partial charge in [-0.15, -0.1) is 0 Å². The third-order valence-electron chi connectivity index (χ3n) is 4.18. The highest BCUT2D eigenvalue weighted by molar-refractivity contribution is 5.83. The molecule has 1 aliphatic rings. The first-order chi connectivity index (χ1) is 11.5. The molecule has 0 aliphatic carbocycles. The SMILES string of the molecule is COc1ccc(COC[C@H](C)C[C@H](C)[C@H]2OC(=O)C=C[C@H]2O)cc1. The van der Waals surface area contributed by atoms with Crippen molar-refractivity contribution in [2.75, 3.05) is 13.7 Å². The molecule has 0 radical (unpaired) electrons. The Morgan fingerprint density at radius 3 is 2.62 bits per heavy atom. The molecule has 1 aromatic carbocycles. The Labute approximate surface area is 143 Å². The molecule has 1 aliphatic heterocycles. The molecule has 132 valence electrons. The van der Waals surface area contributed by atoms with Crippen molar-refractivity contribution in [2.45, 2.75) is 39.1 Å². The van der Waals surface area contributed by atoms with Crippen LogP contribution in [-0.2, 0) is 20.9 Å². The number of aliphatic hydroxyl groups excluding tert-OH is 1. The van der Waals surface area contributed by atoms with Gasteiger partial charge in [0.2, 0.25) is 0 Å². The van der Waals surface area contributed by atoms with E-state index >= 15 is 0 Å². The predicted octanol–water partition coefficient (Wildman–Crippen LogP) is 2.72. The van der Waals surface area contributed by atoms with E-state index in [0.717, 1.165) is 17.7 Å². The first-order valence-corrected chi connectivity index (χ1v) is 8.27. The summed E-state index contributed by atoms with van der Waals surface area (Å²) in [5.74, 6) is 0.805. The third-order valence-corrected chi connectivity index (χ3v) is 4.18. The quantitative estimate of drug-likeness (QED) is 0.741. The minimum atomic E-state index is -0.731. The molecule has 0 saturated heterocycles. The van der Waals surface area contributed by atoms with Crippen LogP contribution in [0.15, 0.2) is 36.4 Å². The molecule has 5 nitrogen and oxygen atoms in total. The number of hydrogen-bond donors (Lipinski definition) is 1. The average Bonchev–Trinajstić information content (AvgIpc) is 2.57. The van der Waals surface area contributed by atoms with Crippen LogP contribution in [0.25, 0.3) is 0 Å². The summed E-state index contributed by atoms with van der Waals surface area (Å²) in [6.07, 6.45) is 2.37. The van der Waals surface area contributed by atoms with Crippen molar-refractivity contribution < 1.29 is 24.1 Å². The van der Waals surface area contributed by atoms with Gasteiger partial charge in [0.25, 0.3) is 0 Å². The summed E-state index contributed by atoms with van der Waals surface area (Å²) in [5, 5.41) is 9.93. The molecule has 0 bridgehead atoms. The van der Waals surface area contributed by atoms with Crippen LogP contribution in [0.5, 0.6) is 5.75 Å². The molecule has 24 heavy (non-hydrogen) atoms. The lowest BCUT2D eigenvalue weighted by Crippen LogP contribution is -2.38. The Kier molecular flexibility index (Phi) is 6.82. The van der Waals surface area contributed by atoms with Gasteiger partial charge in [-0.3, -0.25) is 0 Å². The van der Waals surface area contributed by atoms with Gasteiger partial charge in [-0.2, -0.15) is 0 Å². The maximum Gasteiger partial charge on any atom is 0.330 e. The molecular formula is C19H26O5. The van der Waals surface area contributed by atoms with Crippen molar-refractivity contribution in [1.82, 2.24) is 0 Å².